The first kappa shape index (κ1) is 22.3. The topological polar surface area (TPSA) is 134 Å². The van der Waals surface area contributed by atoms with Crippen LogP contribution in [0.3, 0.4) is 0 Å². The maximum absolute atomic E-state index is 12.6. The molecule has 3 N–H and O–H groups in total. The quantitative estimate of drug-likeness (QED) is 0.574. The molecule has 0 saturated carbocycles. The van der Waals surface area contributed by atoms with Crippen molar-refractivity contribution in [1.82, 2.24) is 15.8 Å². The van der Waals surface area contributed by atoms with Gasteiger partial charge in [-0.1, -0.05) is 48.5 Å². The summed E-state index contributed by atoms with van der Waals surface area (Å²) in [7, 11) is 1.25. The second-order valence-corrected chi connectivity index (χ2v) is 7.73. The van der Waals surface area contributed by atoms with Crippen molar-refractivity contribution in [3.63, 3.8) is 0 Å². The van der Waals surface area contributed by atoms with Crippen LogP contribution in [0.5, 0.6) is 0 Å². The van der Waals surface area contributed by atoms with Crippen molar-refractivity contribution < 1.29 is 33.8 Å². The first-order chi connectivity index (χ1) is 15.9. The van der Waals surface area contributed by atoms with Crippen molar-refractivity contribution in [3.8, 4) is 11.1 Å². The smallest absolute Gasteiger partial charge is 0.407 e. The molecule has 33 heavy (non-hydrogen) atoms. The molecule has 3 amide bonds. The number of nitrogens with zero attached hydrogens (tertiary/aromatic N) is 1. The molecule has 1 fully saturated rings. The molecular weight excluding hydrogens is 430 g/mol. The Bertz CT molecular complexity index is 1060. The summed E-state index contributed by atoms with van der Waals surface area (Å²) < 4.78 is 10.5. The van der Waals surface area contributed by atoms with Crippen LogP contribution in [0.2, 0.25) is 0 Å². The average molecular weight is 453 g/mol. The molecule has 1 aliphatic carbocycles. The molecule has 172 valence electrons. The zero-order chi connectivity index (χ0) is 23.5. The molecular formula is C23H23N3O7. The van der Waals surface area contributed by atoms with E-state index in [1.807, 2.05) is 48.5 Å². The normalized spacial score (nSPS) is 17.7. The van der Waals surface area contributed by atoms with Gasteiger partial charge in [-0.15, -0.1) is 0 Å². The van der Waals surface area contributed by atoms with Crippen LogP contribution in [0.1, 0.15) is 23.5 Å². The SMILES string of the molecule is COC(CNC(=O)OCC1c2ccccc2-c2ccccc21)C(=O)N1NC(=O)CC1C(=O)O. The van der Waals surface area contributed by atoms with Gasteiger partial charge in [0.05, 0.1) is 13.0 Å². The summed E-state index contributed by atoms with van der Waals surface area (Å²) in [5.74, 6) is -2.80. The summed E-state index contributed by atoms with van der Waals surface area (Å²) in [5.41, 5.74) is 6.56. The van der Waals surface area contributed by atoms with E-state index in [0.29, 0.717) is 0 Å². The van der Waals surface area contributed by atoms with Gasteiger partial charge in [-0.25, -0.2) is 14.6 Å². The number of fused-ring (bicyclic) bond motifs is 3. The summed E-state index contributed by atoms with van der Waals surface area (Å²) in [6, 6.07) is 14.5. The highest BCUT2D eigenvalue weighted by molar-refractivity contribution is 5.95. The zero-order valence-corrected chi connectivity index (χ0v) is 17.8. The Kier molecular flexibility index (Phi) is 6.27. The average Bonchev–Trinajstić information content (AvgIpc) is 3.36. The molecule has 0 bridgehead atoms. The number of nitrogens with one attached hydrogen (secondary N) is 2. The third kappa shape index (κ3) is 4.37. The highest BCUT2D eigenvalue weighted by Crippen LogP contribution is 2.44. The number of carboxylic acid groups (broad SMARTS) is 1. The van der Waals surface area contributed by atoms with Crippen molar-refractivity contribution in [2.24, 2.45) is 0 Å². The number of hydrogen-bond donors (Lipinski definition) is 3. The van der Waals surface area contributed by atoms with Gasteiger partial charge in [-0.3, -0.25) is 15.0 Å². The lowest BCUT2D eigenvalue weighted by atomic mass is 9.98. The van der Waals surface area contributed by atoms with E-state index in [2.05, 4.69) is 10.7 Å². The number of rotatable bonds is 7. The van der Waals surface area contributed by atoms with E-state index in [9.17, 15) is 24.3 Å². The van der Waals surface area contributed by atoms with Gasteiger partial charge < -0.3 is 19.9 Å². The molecule has 4 rings (SSSR count). The van der Waals surface area contributed by atoms with Gasteiger partial charge in [0.15, 0.2) is 12.1 Å². The number of carbonyl (C=O) groups is 4. The van der Waals surface area contributed by atoms with Gasteiger partial charge in [-0.2, -0.15) is 0 Å². The number of aliphatic carboxylic acids is 1. The van der Waals surface area contributed by atoms with Gasteiger partial charge >= 0.3 is 12.1 Å². The van der Waals surface area contributed by atoms with Crippen LogP contribution in [-0.4, -0.2) is 66.4 Å². The maximum Gasteiger partial charge on any atom is 0.407 e. The molecule has 1 saturated heterocycles. The van der Waals surface area contributed by atoms with Crippen molar-refractivity contribution in [2.75, 3.05) is 20.3 Å². The number of hydrogen-bond acceptors (Lipinski definition) is 6. The predicted octanol–water partition coefficient (Wildman–Crippen LogP) is 1.26. The predicted molar refractivity (Wildman–Crippen MR) is 115 cm³/mol. The third-order valence-electron chi connectivity index (χ3n) is 5.79. The van der Waals surface area contributed by atoms with Crippen LogP contribution in [0.25, 0.3) is 11.1 Å². The van der Waals surface area contributed by atoms with Crippen LogP contribution < -0.4 is 10.7 Å². The van der Waals surface area contributed by atoms with E-state index >= 15 is 0 Å². The largest absolute Gasteiger partial charge is 0.480 e. The fourth-order valence-corrected chi connectivity index (χ4v) is 4.18. The van der Waals surface area contributed by atoms with Gasteiger partial charge in [0.2, 0.25) is 5.91 Å². The Balaban J connectivity index is 1.35. The van der Waals surface area contributed by atoms with Crippen LogP contribution in [0, 0.1) is 0 Å². The molecule has 2 atom stereocenters. The summed E-state index contributed by atoms with van der Waals surface area (Å²) in [4.78, 5) is 47.8. The highest BCUT2D eigenvalue weighted by Gasteiger charge is 2.41. The van der Waals surface area contributed by atoms with Crippen LogP contribution in [0.4, 0.5) is 4.79 Å². The Hall–Kier alpha value is -3.92. The molecule has 2 aliphatic rings. The Morgan fingerprint density at radius 2 is 1.73 bits per heavy atom. The van der Waals surface area contributed by atoms with E-state index < -0.39 is 36.0 Å². The fraction of sp³-hybridized carbons (Fsp3) is 0.304. The number of hydrazine groups is 1. The van der Waals surface area contributed by atoms with E-state index in [1.54, 1.807) is 0 Å². The number of benzene rings is 2. The lowest BCUT2D eigenvalue weighted by Crippen LogP contribution is -2.53. The molecule has 0 radical (unpaired) electrons. The molecule has 10 heteroatoms. The minimum atomic E-state index is -1.34. The Morgan fingerprint density at radius 3 is 2.30 bits per heavy atom. The number of methoxy groups -OCH3 is 1. The zero-order valence-electron chi connectivity index (χ0n) is 17.8. The minimum Gasteiger partial charge on any atom is -0.480 e. The maximum atomic E-state index is 12.6. The third-order valence-corrected chi connectivity index (χ3v) is 5.79. The van der Waals surface area contributed by atoms with Crippen molar-refractivity contribution in [3.05, 3.63) is 59.7 Å². The Morgan fingerprint density at radius 1 is 1.12 bits per heavy atom. The van der Waals surface area contributed by atoms with Crippen molar-refractivity contribution in [2.45, 2.75) is 24.5 Å². The standard InChI is InChI=1S/C23H23N3O7/c1-32-19(21(28)26-18(22(29)30)10-20(27)25-26)11-24-23(31)33-12-17-15-8-4-2-6-13(15)14-7-3-5-9-16(14)17/h2-9,17-19H,10-12H2,1H3,(H,24,31)(H,25,27)(H,29,30). The van der Waals surface area contributed by atoms with Crippen LogP contribution >= 0.6 is 0 Å². The fourth-order valence-electron chi connectivity index (χ4n) is 4.18. The number of amides is 3. The van der Waals surface area contributed by atoms with E-state index in [1.165, 1.54) is 7.11 Å². The molecule has 1 aliphatic heterocycles. The van der Waals surface area contributed by atoms with Gasteiger partial charge in [0, 0.05) is 13.0 Å². The Labute approximate surface area is 189 Å². The van der Waals surface area contributed by atoms with Crippen LogP contribution in [0.15, 0.2) is 48.5 Å². The lowest BCUT2D eigenvalue weighted by molar-refractivity contribution is -0.155. The first-order valence-corrected chi connectivity index (χ1v) is 10.4. The van der Waals surface area contributed by atoms with E-state index in [0.717, 1.165) is 27.3 Å². The van der Waals surface area contributed by atoms with Crippen LogP contribution in [-0.2, 0) is 23.9 Å². The first-order valence-electron chi connectivity index (χ1n) is 10.4. The number of carbonyl (C=O) groups excluding carboxylic acids is 3. The second-order valence-electron chi connectivity index (χ2n) is 7.73. The number of alkyl carbamates (subject to hydrolysis) is 1. The molecule has 2 aromatic rings. The lowest BCUT2D eigenvalue weighted by Gasteiger charge is -2.25. The summed E-state index contributed by atoms with van der Waals surface area (Å²) in [6.07, 6.45) is -2.30. The summed E-state index contributed by atoms with van der Waals surface area (Å²) in [6.45, 7) is -0.153. The minimum absolute atomic E-state index is 0.106. The van der Waals surface area contributed by atoms with E-state index in [4.69, 9.17) is 9.47 Å². The number of ether oxygens (including phenoxy) is 2. The molecule has 0 spiro atoms. The molecule has 10 nitrogen and oxygen atoms in total. The summed E-state index contributed by atoms with van der Waals surface area (Å²) >= 11 is 0. The van der Waals surface area contributed by atoms with Gasteiger partial charge in [0.1, 0.15) is 6.61 Å². The van der Waals surface area contributed by atoms with E-state index in [-0.39, 0.29) is 25.5 Å². The highest BCUT2D eigenvalue weighted by atomic mass is 16.5. The summed E-state index contributed by atoms with van der Waals surface area (Å²) in [5, 5.41) is 12.4. The molecule has 2 aromatic carbocycles. The number of carboxylic acids is 1. The van der Waals surface area contributed by atoms with Gasteiger partial charge in [-0.05, 0) is 22.3 Å². The monoisotopic (exact) mass is 453 g/mol. The molecule has 2 unspecified atom stereocenters. The van der Waals surface area contributed by atoms with Gasteiger partial charge in [0.25, 0.3) is 5.91 Å². The molecule has 0 aromatic heterocycles. The molecule has 1 heterocycles. The second kappa shape index (κ2) is 9.29. The van der Waals surface area contributed by atoms with Crippen molar-refractivity contribution in [1.29, 1.82) is 0 Å². The van der Waals surface area contributed by atoms with Crippen molar-refractivity contribution >= 4 is 23.9 Å².